The van der Waals surface area contributed by atoms with Crippen molar-refractivity contribution in [3.63, 3.8) is 0 Å². The minimum absolute atomic E-state index is 0.0000231. The van der Waals surface area contributed by atoms with Crippen LogP contribution in [0.3, 0.4) is 0 Å². The Morgan fingerprint density at radius 1 is 1.29 bits per heavy atom. The molecule has 21 heavy (non-hydrogen) atoms. The molecule has 1 aliphatic rings. The van der Waals surface area contributed by atoms with Crippen molar-refractivity contribution >= 4 is 17.6 Å². The summed E-state index contributed by atoms with van der Waals surface area (Å²) in [5.41, 5.74) is 8.61. The van der Waals surface area contributed by atoms with Crippen molar-refractivity contribution in [3.8, 4) is 0 Å². The van der Waals surface area contributed by atoms with E-state index in [9.17, 15) is 4.79 Å². The van der Waals surface area contributed by atoms with Crippen LogP contribution in [0.25, 0.3) is 0 Å². The first-order valence-electron chi connectivity index (χ1n) is 7.15. The van der Waals surface area contributed by atoms with E-state index >= 15 is 0 Å². The average molecular weight is 289 g/mol. The number of aryl methyl sites for hydroxylation is 1. The molecule has 1 heterocycles. The second-order valence-electron chi connectivity index (χ2n) is 5.44. The monoisotopic (exact) mass is 289 g/mol. The number of amides is 1. The summed E-state index contributed by atoms with van der Waals surface area (Å²) in [7, 11) is 0. The first-order valence-corrected chi connectivity index (χ1v) is 7.15. The molecule has 1 saturated heterocycles. The van der Waals surface area contributed by atoms with Gasteiger partial charge in [0.2, 0.25) is 5.91 Å². The third-order valence-corrected chi connectivity index (χ3v) is 3.96. The molecule has 0 aromatic heterocycles. The highest BCUT2D eigenvalue weighted by atomic mass is 16.2. The van der Waals surface area contributed by atoms with Crippen LogP contribution in [0.15, 0.2) is 18.2 Å². The zero-order chi connectivity index (χ0) is 15.4. The Labute approximate surface area is 125 Å². The number of nitrogens with zero attached hydrogens (tertiary/aromatic N) is 2. The Balaban J connectivity index is 1.86. The first-order chi connectivity index (χ1) is 9.97. The molecule has 0 radical (unpaired) electrons. The van der Waals surface area contributed by atoms with Crippen molar-refractivity contribution in [1.82, 2.24) is 9.80 Å². The number of nitrogens with one attached hydrogen (secondary N) is 2. The number of carbonyl (C=O) groups excluding carboxylic acids is 1. The molecule has 1 amide bonds. The van der Waals surface area contributed by atoms with Crippen LogP contribution in [0, 0.1) is 19.3 Å². The van der Waals surface area contributed by atoms with Crippen LogP contribution >= 0.6 is 0 Å². The fourth-order valence-corrected chi connectivity index (χ4v) is 2.43. The SMILES string of the molecule is Cc1cccc(NC(=O)CN2CCN(C(=N)N)CC2)c1C. The van der Waals surface area contributed by atoms with E-state index in [0.717, 1.165) is 24.3 Å². The zero-order valence-electron chi connectivity index (χ0n) is 12.6. The standard InChI is InChI=1S/C15H23N5O/c1-11-4-3-5-13(12(11)2)18-14(21)10-19-6-8-20(9-7-19)15(16)17/h3-5H,6-10H2,1-2H3,(H3,16,17)(H,18,21). The van der Waals surface area contributed by atoms with Crippen molar-refractivity contribution in [2.75, 3.05) is 38.0 Å². The molecule has 0 atom stereocenters. The van der Waals surface area contributed by atoms with Gasteiger partial charge in [0.05, 0.1) is 6.54 Å². The maximum Gasteiger partial charge on any atom is 0.238 e. The van der Waals surface area contributed by atoms with Crippen molar-refractivity contribution in [3.05, 3.63) is 29.3 Å². The van der Waals surface area contributed by atoms with Crippen LogP contribution in [0.1, 0.15) is 11.1 Å². The second kappa shape index (κ2) is 6.58. The Morgan fingerprint density at radius 3 is 2.57 bits per heavy atom. The Morgan fingerprint density at radius 2 is 1.95 bits per heavy atom. The summed E-state index contributed by atoms with van der Waals surface area (Å²) in [5.74, 6) is 0.106. The third-order valence-electron chi connectivity index (χ3n) is 3.96. The van der Waals surface area contributed by atoms with Crippen molar-refractivity contribution in [2.24, 2.45) is 5.73 Å². The topological polar surface area (TPSA) is 85.5 Å². The van der Waals surface area contributed by atoms with Gasteiger partial charge in [-0.15, -0.1) is 0 Å². The molecular formula is C15H23N5O. The van der Waals surface area contributed by atoms with Gasteiger partial charge in [0, 0.05) is 31.9 Å². The predicted molar refractivity (Wildman–Crippen MR) is 84.5 cm³/mol. The normalized spacial score (nSPS) is 15.8. The van der Waals surface area contributed by atoms with E-state index in [-0.39, 0.29) is 11.9 Å². The zero-order valence-corrected chi connectivity index (χ0v) is 12.6. The molecule has 6 nitrogen and oxygen atoms in total. The molecule has 0 aliphatic carbocycles. The number of piperazine rings is 1. The van der Waals surface area contributed by atoms with Crippen LogP contribution in [-0.2, 0) is 4.79 Å². The fraction of sp³-hybridized carbons (Fsp3) is 0.467. The molecule has 0 bridgehead atoms. The van der Waals surface area contributed by atoms with Crippen LogP contribution in [0.5, 0.6) is 0 Å². The summed E-state index contributed by atoms with van der Waals surface area (Å²) in [6.45, 7) is 7.32. The summed E-state index contributed by atoms with van der Waals surface area (Å²) >= 11 is 0. The lowest BCUT2D eigenvalue weighted by molar-refractivity contribution is -0.117. The average Bonchev–Trinajstić information content (AvgIpc) is 2.44. The van der Waals surface area contributed by atoms with Gasteiger partial charge in [-0.1, -0.05) is 12.1 Å². The summed E-state index contributed by atoms with van der Waals surface area (Å²) in [6.07, 6.45) is 0. The lowest BCUT2D eigenvalue weighted by Crippen LogP contribution is -2.52. The van der Waals surface area contributed by atoms with Crippen LogP contribution in [0.4, 0.5) is 5.69 Å². The van der Waals surface area contributed by atoms with E-state index in [2.05, 4.69) is 10.2 Å². The summed E-state index contributed by atoms with van der Waals surface area (Å²) in [6, 6.07) is 5.91. The van der Waals surface area contributed by atoms with Crippen LogP contribution in [0.2, 0.25) is 0 Å². The highest BCUT2D eigenvalue weighted by Gasteiger charge is 2.19. The highest BCUT2D eigenvalue weighted by molar-refractivity contribution is 5.93. The number of benzene rings is 1. The van der Waals surface area contributed by atoms with Gasteiger partial charge in [-0.25, -0.2) is 0 Å². The van der Waals surface area contributed by atoms with E-state index in [1.807, 2.05) is 36.9 Å². The van der Waals surface area contributed by atoms with E-state index in [1.54, 1.807) is 0 Å². The summed E-state index contributed by atoms with van der Waals surface area (Å²) < 4.78 is 0. The van der Waals surface area contributed by atoms with Crippen LogP contribution < -0.4 is 11.1 Å². The lowest BCUT2D eigenvalue weighted by atomic mass is 10.1. The molecule has 0 unspecified atom stereocenters. The molecule has 4 N–H and O–H groups in total. The summed E-state index contributed by atoms with van der Waals surface area (Å²) in [5, 5.41) is 10.4. The maximum absolute atomic E-state index is 12.1. The van der Waals surface area contributed by atoms with Crippen LogP contribution in [-0.4, -0.2) is 54.4 Å². The van der Waals surface area contributed by atoms with E-state index < -0.39 is 0 Å². The van der Waals surface area contributed by atoms with Crippen molar-refractivity contribution < 1.29 is 4.79 Å². The number of carbonyl (C=O) groups is 1. The number of rotatable bonds is 3. The Hall–Kier alpha value is -2.08. The Kier molecular flexibility index (Phi) is 4.80. The number of nitrogens with two attached hydrogens (primary N) is 1. The molecule has 6 heteroatoms. The molecule has 1 aromatic carbocycles. The first kappa shape index (κ1) is 15.3. The molecule has 2 rings (SSSR count). The lowest BCUT2D eigenvalue weighted by Gasteiger charge is -2.34. The highest BCUT2D eigenvalue weighted by Crippen LogP contribution is 2.17. The van der Waals surface area contributed by atoms with Gasteiger partial charge >= 0.3 is 0 Å². The molecule has 1 fully saturated rings. The van der Waals surface area contributed by atoms with Gasteiger partial charge in [0.15, 0.2) is 5.96 Å². The van der Waals surface area contributed by atoms with Gasteiger partial charge in [-0.2, -0.15) is 0 Å². The Bertz CT molecular complexity index is 535. The molecule has 0 spiro atoms. The number of guanidine groups is 1. The number of hydrogen-bond acceptors (Lipinski definition) is 3. The van der Waals surface area contributed by atoms with Gasteiger partial charge in [-0.05, 0) is 31.0 Å². The van der Waals surface area contributed by atoms with Gasteiger partial charge in [0.25, 0.3) is 0 Å². The van der Waals surface area contributed by atoms with Crippen molar-refractivity contribution in [1.29, 1.82) is 5.41 Å². The van der Waals surface area contributed by atoms with E-state index in [1.165, 1.54) is 5.56 Å². The number of anilines is 1. The van der Waals surface area contributed by atoms with E-state index in [0.29, 0.717) is 19.6 Å². The molecule has 1 aliphatic heterocycles. The maximum atomic E-state index is 12.1. The largest absolute Gasteiger partial charge is 0.370 e. The van der Waals surface area contributed by atoms with Gasteiger partial charge < -0.3 is 16.0 Å². The molecular weight excluding hydrogens is 266 g/mol. The smallest absolute Gasteiger partial charge is 0.238 e. The second-order valence-corrected chi connectivity index (χ2v) is 5.44. The molecule has 1 aromatic rings. The quantitative estimate of drug-likeness (QED) is 0.566. The third kappa shape index (κ3) is 3.95. The predicted octanol–water partition coefficient (Wildman–Crippen LogP) is 0.753. The van der Waals surface area contributed by atoms with Crippen molar-refractivity contribution in [2.45, 2.75) is 13.8 Å². The van der Waals surface area contributed by atoms with Gasteiger partial charge in [-0.3, -0.25) is 15.1 Å². The molecule has 114 valence electrons. The fourth-order valence-electron chi connectivity index (χ4n) is 2.43. The number of hydrogen-bond donors (Lipinski definition) is 3. The minimum Gasteiger partial charge on any atom is -0.370 e. The minimum atomic E-state index is -0.0000231. The van der Waals surface area contributed by atoms with Gasteiger partial charge in [0.1, 0.15) is 0 Å². The summed E-state index contributed by atoms with van der Waals surface area (Å²) in [4.78, 5) is 16.0. The molecule has 0 saturated carbocycles. The van der Waals surface area contributed by atoms with E-state index in [4.69, 9.17) is 11.1 Å².